The quantitative estimate of drug-likeness (QED) is 0.672. The minimum absolute atomic E-state index is 0.711. The number of rotatable bonds is 2. The van der Waals surface area contributed by atoms with Crippen molar-refractivity contribution in [2.24, 2.45) is 0 Å². The number of aryl methyl sites for hydroxylation is 2. The molecule has 1 aromatic rings. The minimum Gasteiger partial charge on any atom is -0.493 e. The van der Waals surface area contributed by atoms with Crippen LogP contribution in [0.25, 0.3) is 0 Å². The first-order valence-electron chi connectivity index (χ1n) is 3.75. The number of hydrogen-bond donors (Lipinski definition) is 0. The summed E-state index contributed by atoms with van der Waals surface area (Å²) in [5, 5.41) is 0. The van der Waals surface area contributed by atoms with Gasteiger partial charge in [0.2, 0.25) is 0 Å². The topological polar surface area (TPSA) is 31.4 Å². The van der Waals surface area contributed by atoms with Gasteiger partial charge in [0, 0.05) is 11.8 Å². The predicted octanol–water partition coefficient (Wildman–Crippen LogP) is 1.72. The number of methoxy groups -OCH3 is 2. The van der Waals surface area contributed by atoms with E-state index < -0.39 is 0 Å². The third-order valence-electron chi connectivity index (χ3n) is 1.66. The van der Waals surface area contributed by atoms with Crippen molar-refractivity contribution >= 4 is 0 Å². The van der Waals surface area contributed by atoms with Gasteiger partial charge in [-0.15, -0.1) is 0 Å². The van der Waals surface area contributed by atoms with Crippen LogP contribution in [0.2, 0.25) is 0 Å². The molecule has 0 spiro atoms. The number of ether oxygens (including phenoxy) is 2. The highest BCUT2D eigenvalue weighted by molar-refractivity contribution is 5.43. The van der Waals surface area contributed by atoms with E-state index in [2.05, 4.69) is 4.98 Å². The summed E-state index contributed by atoms with van der Waals surface area (Å²) in [5.74, 6) is 1.45. The van der Waals surface area contributed by atoms with E-state index in [1.54, 1.807) is 14.2 Å². The van der Waals surface area contributed by atoms with Gasteiger partial charge in [-0.1, -0.05) is 0 Å². The standard InChI is InChI=1S/C9H13NO2/c1-6-5-8(11-3)9(12-4)7(2)10-6/h5H,1-4H3. The smallest absolute Gasteiger partial charge is 0.182 e. The second-order valence-electron chi connectivity index (χ2n) is 2.58. The second kappa shape index (κ2) is 3.43. The molecule has 0 fully saturated rings. The molecule has 0 atom stereocenters. The fraction of sp³-hybridized carbons (Fsp3) is 0.444. The maximum absolute atomic E-state index is 5.13. The molecule has 3 heteroatoms. The first-order chi connectivity index (χ1) is 5.69. The van der Waals surface area contributed by atoms with Crippen molar-refractivity contribution in [3.63, 3.8) is 0 Å². The molecule has 0 aromatic carbocycles. The molecule has 0 aliphatic rings. The Morgan fingerprint density at radius 2 is 1.83 bits per heavy atom. The molecule has 0 saturated carbocycles. The Labute approximate surface area is 72.3 Å². The predicted molar refractivity (Wildman–Crippen MR) is 46.8 cm³/mol. The number of pyridine rings is 1. The monoisotopic (exact) mass is 167 g/mol. The normalized spacial score (nSPS) is 9.67. The molecule has 0 bridgehead atoms. The zero-order chi connectivity index (χ0) is 9.14. The molecular formula is C9H13NO2. The number of aromatic nitrogens is 1. The number of hydrogen-bond acceptors (Lipinski definition) is 3. The van der Waals surface area contributed by atoms with E-state index in [-0.39, 0.29) is 0 Å². The van der Waals surface area contributed by atoms with E-state index in [4.69, 9.17) is 9.47 Å². The van der Waals surface area contributed by atoms with Crippen LogP contribution in [0.3, 0.4) is 0 Å². The van der Waals surface area contributed by atoms with Gasteiger partial charge in [0.15, 0.2) is 11.5 Å². The average Bonchev–Trinajstić information content (AvgIpc) is 2.03. The van der Waals surface area contributed by atoms with Crippen molar-refractivity contribution < 1.29 is 9.47 Å². The molecular weight excluding hydrogens is 154 g/mol. The molecule has 3 nitrogen and oxygen atoms in total. The first kappa shape index (κ1) is 8.84. The lowest BCUT2D eigenvalue weighted by molar-refractivity contribution is 0.350. The lowest BCUT2D eigenvalue weighted by Gasteiger charge is -2.09. The zero-order valence-corrected chi connectivity index (χ0v) is 7.84. The summed E-state index contributed by atoms with van der Waals surface area (Å²) in [7, 11) is 3.23. The van der Waals surface area contributed by atoms with Gasteiger partial charge in [-0.05, 0) is 13.8 Å². The molecule has 0 unspecified atom stereocenters. The van der Waals surface area contributed by atoms with Crippen molar-refractivity contribution in [1.82, 2.24) is 4.98 Å². The summed E-state index contributed by atoms with van der Waals surface area (Å²) in [4.78, 5) is 4.25. The van der Waals surface area contributed by atoms with Crippen molar-refractivity contribution in [3.05, 3.63) is 17.5 Å². The molecule has 1 aromatic heterocycles. The van der Waals surface area contributed by atoms with Crippen molar-refractivity contribution in [3.8, 4) is 11.5 Å². The molecule has 1 heterocycles. The Balaban J connectivity index is 3.24. The summed E-state index contributed by atoms with van der Waals surface area (Å²) in [6.07, 6.45) is 0. The minimum atomic E-state index is 0.711. The maximum Gasteiger partial charge on any atom is 0.182 e. The summed E-state index contributed by atoms with van der Waals surface area (Å²) in [6, 6.07) is 1.85. The number of nitrogens with zero attached hydrogens (tertiary/aromatic N) is 1. The summed E-state index contributed by atoms with van der Waals surface area (Å²) < 4.78 is 10.3. The fourth-order valence-corrected chi connectivity index (χ4v) is 1.18. The lowest BCUT2D eigenvalue weighted by Crippen LogP contribution is -1.96. The van der Waals surface area contributed by atoms with E-state index in [0.717, 1.165) is 17.1 Å². The molecule has 0 saturated heterocycles. The van der Waals surface area contributed by atoms with Gasteiger partial charge in [-0.2, -0.15) is 0 Å². The van der Waals surface area contributed by atoms with E-state index >= 15 is 0 Å². The van der Waals surface area contributed by atoms with Gasteiger partial charge in [0.05, 0.1) is 19.9 Å². The highest BCUT2D eigenvalue weighted by atomic mass is 16.5. The Kier molecular flexibility index (Phi) is 2.53. The third-order valence-corrected chi connectivity index (χ3v) is 1.66. The van der Waals surface area contributed by atoms with Crippen LogP contribution in [0.4, 0.5) is 0 Å². The Morgan fingerprint density at radius 3 is 2.33 bits per heavy atom. The Hall–Kier alpha value is -1.25. The van der Waals surface area contributed by atoms with Crippen LogP contribution in [-0.2, 0) is 0 Å². The molecule has 66 valence electrons. The van der Waals surface area contributed by atoms with Crippen LogP contribution in [0.1, 0.15) is 11.4 Å². The fourth-order valence-electron chi connectivity index (χ4n) is 1.18. The molecule has 1 rings (SSSR count). The van der Waals surface area contributed by atoms with Gasteiger partial charge < -0.3 is 9.47 Å². The summed E-state index contributed by atoms with van der Waals surface area (Å²) in [6.45, 7) is 3.82. The van der Waals surface area contributed by atoms with Crippen molar-refractivity contribution in [1.29, 1.82) is 0 Å². The summed E-state index contributed by atoms with van der Waals surface area (Å²) >= 11 is 0. The first-order valence-corrected chi connectivity index (χ1v) is 3.75. The van der Waals surface area contributed by atoms with E-state index in [1.807, 2.05) is 19.9 Å². The zero-order valence-electron chi connectivity index (χ0n) is 7.84. The van der Waals surface area contributed by atoms with Gasteiger partial charge in [-0.25, -0.2) is 0 Å². The van der Waals surface area contributed by atoms with E-state index in [0.29, 0.717) is 5.75 Å². The van der Waals surface area contributed by atoms with Crippen LogP contribution in [0.5, 0.6) is 11.5 Å². The Bertz CT molecular complexity index is 284. The second-order valence-corrected chi connectivity index (χ2v) is 2.58. The van der Waals surface area contributed by atoms with E-state index in [9.17, 15) is 0 Å². The van der Waals surface area contributed by atoms with Gasteiger partial charge in [-0.3, -0.25) is 4.98 Å². The lowest BCUT2D eigenvalue weighted by atomic mass is 10.3. The third kappa shape index (κ3) is 1.49. The molecule has 12 heavy (non-hydrogen) atoms. The SMILES string of the molecule is COc1cc(C)nc(C)c1OC. The van der Waals surface area contributed by atoms with Gasteiger partial charge in [0.25, 0.3) is 0 Å². The van der Waals surface area contributed by atoms with Crippen LogP contribution in [-0.4, -0.2) is 19.2 Å². The van der Waals surface area contributed by atoms with Crippen LogP contribution in [0, 0.1) is 13.8 Å². The highest BCUT2D eigenvalue weighted by Crippen LogP contribution is 2.29. The highest BCUT2D eigenvalue weighted by Gasteiger charge is 2.07. The average molecular weight is 167 g/mol. The van der Waals surface area contributed by atoms with Crippen molar-refractivity contribution in [2.75, 3.05) is 14.2 Å². The molecule has 0 radical (unpaired) electrons. The van der Waals surface area contributed by atoms with E-state index in [1.165, 1.54) is 0 Å². The van der Waals surface area contributed by atoms with Crippen molar-refractivity contribution in [2.45, 2.75) is 13.8 Å². The molecule has 0 aliphatic carbocycles. The molecule has 0 aliphatic heterocycles. The van der Waals surface area contributed by atoms with Crippen LogP contribution < -0.4 is 9.47 Å². The van der Waals surface area contributed by atoms with Crippen LogP contribution >= 0.6 is 0 Å². The van der Waals surface area contributed by atoms with Gasteiger partial charge >= 0.3 is 0 Å². The Morgan fingerprint density at radius 1 is 1.17 bits per heavy atom. The van der Waals surface area contributed by atoms with Crippen LogP contribution in [0.15, 0.2) is 6.07 Å². The van der Waals surface area contributed by atoms with Gasteiger partial charge in [0.1, 0.15) is 0 Å². The molecule has 0 amide bonds. The summed E-state index contributed by atoms with van der Waals surface area (Å²) in [5.41, 5.74) is 1.79. The molecule has 0 N–H and O–H groups in total. The maximum atomic E-state index is 5.13. The largest absolute Gasteiger partial charge is 0.493 e.